The van der Waals surface area contributed by atoms with Crippen LogP contribution >= 0.6 is 11.6 Å². The largest absolute Gasteiger partial charge is 0.364 e. The zero-order valence-corrected chi connectivity index (χ0v) is 31.2. The minimum absolute atomic E-state index is 0.264. The van der Waals surface area contributed by atoms with E-state index in [1.54, 1.807) is 0 Å². The van der Waals surface area contributed by atoms with Crippen LogP contribution in [0.25, 0.3) is 0 Å². The molecule has 0 saturated heterocycles. The van der Waals surface area contributed by atoms with E-state index in [-0.39, 0.29) is 16.9 Å². The molecule has 2 aliphatic heterocycles. The van der Waals surface area contributed by atoms with E-state index in [1.807, 2.05) is 53.5 Å². The first kappa shape index (κ1) is 35.9. The van der Waals surface area contributed by atoms with Crippen molar-refractivity contribution < 1.29 is 27.3 Å². The number of nitrogens with zero attached hydrogens (tertiary/aromatic N) is 2. The molecule has 266 valence electrons. The van der Waals surface area contributed by atoms with Gasteiger partial charge >= 0.3 is 0 Å². The first-order valence-corrected chi connectivity index (χ1v) is 20.6. The molecule has 5 rings (SSSR count). The Balaban J connectivity index is 1.43. The van der Waals surface area contributed by atoms with Gasteiger partial charge in [-0.05, 0) is 85.4 Å². The molecule has 8 nitrogen and oxygen atoms in total. The maximum absolute atomic E-state index is 11.3. The molecule has 3 aliphatic rings. The summed E-state index contributed by atoms with van der Waals surface area (Å²) in [5, 5.41) is 0.675. The normalized spacial score (nSPS) is 23.9. The number of hydrogen-bond acceptors (Lipinski definition) is 6. The SMILES string of the molecule is [2H]C1(/C=C/C2=C(Cl)C(=C/C=C3/N(CCCCS(=O)(=O)O)c4ccccc4C3(C)C)/CCC2)N(CCCCS(=O)(=O)O)c2ccccc2C1(C)C. The highest BCUT2D eigenvalue weighted by atomic mass is 35.5. The van der Waals surface area contributed by atoms with E-state index < -0.39 is 31.7 Å². The number of allylic oxidation sites excluding steroid dienone is 7. The van der Waals surface area contributed by atoms with Crippen LogP contribution in [0.4, 0.5) is 11.4 Å². The molecule has 2 N–H and O–H groups in total. The van der Waals surface area contributed by atoms with E-state index in [1.165, 1.54) is 5.56 Å². The Hall–Kier alpha value is -2.89. The standard InChI is InChI=1S/C38H49ClN2O6S2/c1-37(2)30-16-5-7-18-32(30)40(24-9-11-26-48(42,43)44)34(37)22-20-28-14-13-15-29(36(28)39)21-23-35-38(3,4)31-17-6-8-19-33(31)41(35)25-10-12-27-49(45,46)47/h5-8,16-23,34H,9-15,24-27H2,1-4H3,(H,42,43,44)(H,45,46,47)/b22-20+,29-21+,35-23+/i34D. The first-order valence-electron chi connectivity index (χ1n) is 17.5. The molecule has 1 unspecified atom stereocenters. The molecule has 0 spiro atoms. The van der Waals surface area contributed by atoms with E-state index >= 15 is 0 Å². The molecule has 0 fully saturated rings. The summed E-state index contributed by atoms with van der Waals surface area (Å²) in [6, 6.07) is 15.1. The zero-order chi connectivity index (χ0) is 36.5. The molecular weight excluding hydrogens is 680 g/mol. The van der Waals surface area contributed by atoms with Crippen molar-refractivity contribution in [3.8, 4) is 0 Å². The summed E-state index contributed by atoms with van der Waals surface area (Å²) in [5.74, 6) is -0.574. The van der Waals surface area contributed by atoms with Crippen LogP contribution in [0.5, 0.6) is 0 Å². The van der Waals surface area contributed by atoms with Crippen molar-refractivity contribution in [2.45, 2.75) is 89.5 Å². The predicted molar refractivity (Wildman–Crippen MR) is 201 cm³/mol. The number of unbranched alkanes of at least 4 members (excludes halogenated alkanes) is 2. The van der Waals surface area contributed by atoms with Crippen molar-refractivity contribution in [1.29, 1.82) is 0 Å². The number of benzene rings is 2. The molecule has 0 amide bonds. The third-order valence-electron chi connectivity index (χ3n) is 10.0. The van der Waals surface area contributed by atoms with Gasteiger partial charge in [0.05, 0.1) is 18.9 Å². The Morgan fingerprint density at radius 1 is 0.837 bits per heavy atom. The van der Waals surface area contributed by atoms with E-state index in [4.69, 9.17) is 11.6 Å². The lowest BCUT2D eigenvalue weighted by Gasteiger charge is -2.33. The second-order valence-corrected chi connectivity index (χ2v) is 17.8. The molecule has 11 heteroatoms. The number of halogens is 1. The minimum Gasteiger partial charge on any atom is -0.364 e. The van der Waals surface area contributed by atoms with Gasteiger partial charge in [-0.3, -0.25) is 9.11 Å². The van der Waals surface area contributed by atoms with Gasteiger partial charge in [0.2, 0.25) is 0 Å². The first-order chi connectivity index (χ1) is 23.4. The lowest BCUT2D eigenvalue weighted by Crippen LogP contribution is -2.40. The van der Waals surface area contributed by atoms with Gasteiger partial charge in [-0.15, -0.1) is 0 Å². The van der Waals surface area contributed by atoms with Gasteiger partial charge in [-0.1, -0.05) is 93.9 Å². The van der Waals surface area contributed by atoms with E-state index in [2.05, 4.69) is 56.9 Å². The Morgan fingerprint density at radius 3 is 2.08 bits per heavy atom. The Morgan fingerprint density at radius 2 is 1.43 bits per heavy atom. The van der Waals surface area contributed by atoms with E-state index in [9.17, 15) is 27.3 Å². The molecule has 0 bridgehead atoms. The van der Waals surface area contributed by atoms with Crippen LogP contribution in [-0.2, 0) is 31.1 Å². The van der Waals surface area contributed by atoms with Crippen LogP contribution in [0.2, 0.25) is 0 Å². The second kappa shape index (κ2) is 14.8. The van der Waals surface area contributed by atoms with Crippen LogP contribution in [0, 0.1) is 0 Å². The molecule has 1 atom stereocenters. The molecule has 2 aromatic carbocycles. The molecule has 0 aromatic heterocycles. The molecule has 1 aliphatic carbocycles. The van der Waals surface area contributed by atoms with Crippen molar-refractivity contribution >= 4 is 43.2 Å². The number of fused-ring (bicyclic) bond motifs is 2. The summed E-state index contributed by atoms with van der Waals surface area (Å²) < 4.78 is 73.6. The summed E-state index contributed by atoms with van der Waals surface area (Å²) in [6.45, 7) is 9.56. The number of rotatable bonds is 13. The van der Waals surface area contributed by atoms with Gasteiger partial charge in [0, 0.05) is 46.0 Å². The van der Waals surface area contributed by atoms with Crippen molar-refractivity contribution in [2.24, 2.45) is 0 Å². The van der Waals surface area contributed by atoms with Crippen LogP contribution in [0.1, 0.15) is 85.1 Å². The van der Waals surface area contributed by atoms with Crippen molar-refractivity contribution in [1.82, 2.24) is 0 Å². The number of para-hydroxylation sites is 2. The fourth-order valence-corrected chi connectivity index (χ4v) is 8.89. The smallest absolute Gasteiger partial charge is 0.264 e. The average molecular weight is 730 g/mol. The third-order valence-corrected chi connectivity index (χ3v) is 12.1. The number of hydrogen-bond donors (Lipinski definition) is 2. The topological polar surface area (TPSA) is 115 Å². The molecule has 2 aromatic rings. The van der Waals surface area contributed by atoms with Gasteiger partial charge in [0.1, 0.15) is 0 Å². The lowest BCUT2D eigenvalue weighted by molar-refractivity contribution is 0.466. The molecule has 2 heterocycles. The summed E-state index contributed by atoms with van der Waals surface area (Å²) >= 11 is 7.13. The van der Waals surface area contributed by atoms with Crippen molar-refractivity contribution in [2.75, 3.05) is 34.4 Å². The molecule has 0 saturated carbocycles. The fraction of sp³-hybridized carbons (Fsp3) is 0.474. The van der Waals surface area contributed by atoms with Gasteiger partial charge in [-0.25, -0.2) is 0 Å². The van der Waals surface area contributed by atoms with Gasteiger partial charge in [0.25, 0.3) is 20.2 Å². The summed E-state index contributed by atoms with van der Waals surface area (Å²) in [6.07, 6.45) is 12.4. The lowest BCUT2D eigenvalue weighted by atomic mass is 9.80. The Kier molecular flexibility index (Phi) is 10.8. The summed E-state index contributed by atoms with van der Waals surface area (Å²) in [7, 11) is -8.06. The predicted octanol–water partition coefficient (Wildman–Crippen LogP) is 8.33. The highest BCUT2D eigenvalue weighted by Gasteiger charge is 2.43. The average Bonchev–Trinajstić information content (AvgIpc) is 3.35. The zero-order valence-electron chi connectivity index (χ0n) is 29.8. The molecule has 0 radical (unpaired) electrons. The highest BCUT2D eigenvalue weighted by molar-refractivity contribution is 7.86. The summed E-state index contributed by atoms with van der Waals surface area (Å²) in [4.78, 5) is 4.28. The highest BCUT2D eigenvalue weighted by Crippen LogP contribution is 2.48. The monoisotopic (exact) mass is 729 g/mol. The van der Waals surface area contributed by atoms with Crippen LogP contribution in [0.3, 0.4) is 0 Å². The fourth-order valence-electron chi connectivity index (χ4n) is 7.44. The van der Waals surface area contributed by atoms with Crippen molar-refractivity contribution in [3.63, 3.8) is 0 Å². The van der Waals surface area contributed by atoms with Crippen LogP contribution in [-0.4, -0.2) is 56.6 Å². The Bertz CT molecular complexity index is 1950. The van der Waals surface area contributed by atoms with Gasteiger partial charge in [-0.2, -0.15) is 16.8 Å². The maximum Gasteiger partial charge on any atom is 0.264 e. The minimum atomic E-state index is -4.05. The van der Waals surface area contributed by atoms with Crippen LogP contribution < -0.4 is 9.80 Å². The van der Waals surface area contributed by atoms with E-state index in [0.29, 0.717) is 43.8 Å². The van der Waals surface area contributed by atoms with Gasteiger partial charge in [0.15, 0.2) is 0 Å². The third kappa shape index (κ3) is 8.53. The maximum atomic E-state index is 11.3. The molecule has 49 heavy (non-hydrogen) atoms. The molecular formula is C38H49ClN2O6S2. The van der Waals surface area contributed by atoms with Crippen molar-refractivity contribution in [3.05, 3.63) is 106 Å². The number of anilines is 2. The second-order valence-electron chi connectivity index (χ2n) is 14.2. The Labute approximate surface area is 299 Å². The van der Waals surface area contributed by atoms with Gasteiger partial charge < -0.3 is 9.80 Å². The summed E-state index contributed by atoms with van der Waals surface area (Å²) in [5.41, 5.74) is 6.46. The van der Waals surface area contributed by atoms with Crippen LogP contribution in [0.15, 0.2) is 94.7 Å². The quantitative estimate of drug-likeness (QED) is 0.156. The van der Waals surface area contributed by atoms with E-state index in [0.717, 1.165) is 53.0 Å².